The highest BCUT2D eigenvalue weighted by Gasteiger charge is 2.29. The Labute approximate surface area is 158 Å². The SMILES string of the molecule is Cc1noc(-c2ccc(Br)cc2)c1/C(=C\C(F)(F)CO)c1ccccc1. The molecule has 0 saturated heterocycles. The summed E-state index contributed by atoms with van der Waals surface area (Å²) in [5, 5.41) is 13.0. The smallest absolute Gasteiger partial charge is 0.289 e. The van der Waals surface area contributed by atoms with Gasteiger partial charge in [0.25, 0.3) is 5.92 Å². The summed E-state index contributed by atoms with van der Waals surface area (Å²) >= 11 is 3.37. The van der Waals surface area contributed by atoms with E-state index in [1.165, 1.54) is 0 Å². The number of hydrogen-bond donors (Lipinski definition) is 1. The van der Waals surface area contributed by atoms with E-state index in [-0.39, 0.29) is 5.57 Å². The molecule has 1 aromatic heterocycles. The Morgan fingerprint density at radius 3 is 2.42 bits per heavy atom. The lowest BCUT2D eigenvalue weighted by atomic mass is 9.93. The van der Waals surface area contributed by atoms with E-state index in [0.29, 0.717) is 22.6 Å². The standard InChI is InChI=1S/C20H16BrF2NO2/c1-13-18(19(26-24-13)15-7-9-16(21)10-8-15)17(11-20(22,23)12-25)14-5-3-2-4-6-14/h2-11,25H,12H2,1H3/b17-11-. The monoisotopic (exact) mass is 419 g/mol. The van der Waals surface area contributed by atoms with E-state index in [1.807, 2.05) is 24.3 Å². The first-order valence-electron chi connectivity index (χ1n) is 7.91. The number of aliphatic hydroxyl groups excluding tert-OH is 1. The summed E-state index contributed by atoms with van der Waals surface area (Å²) in [6.07, 6.45) is 0.768. The summed E-state index contributed by atoms with van der Waals surface area (Å²) in [6, 6.07) is 16.1. The predicted molar refractivity (Wildman–Crippen MR) is 99.9 cm³/mol. The molecule has 1 N–H and O–H groups in total. The minimum Gasteiger partial charge on any atom is -0.390 e. The lowest BCUT2D eigenvalue weighted by Crippen LogP contribution is -2.18. The van der Waals surface area contributed by atoms with Gasteiger partial charge >= 0.3 is 0 Å². The number of aryl methyl sites for hydroxylation is 1. The topological polar surface area (TPSA) is 46.3 Å². The van der Waals surface area contributed by atoms with Gasteiger partial charge in [0.1, 0.15) is 6.61 Å². The molecule has 6 heteroatoms. The average Bonchev–Trinajstić information content (AvgIpc) is 3.02. The van der Waals surface area contributed by atoms with Crippen LogP contribution >= 0.6 is 15.9 Å². The molecule has 0 aliphatic heterocycles. The van der Waals surface area contributed by atoms with Crippen molar-refractivity contribution in [2.75, 3.05) is 6.61 Å². The summed E-state index contributed by atoms with van der Waals surface area (Å²) in [4.78, 5) is 0. The maximum atomic E-state index is 14.0. The Morgan fingerprint density at radius 2 is 1.81 bits per heavy atom. The Balaban J connectivity index is 2.23. The fourth-order valence-corrected chi connectivity index (χ4v) is 2.92. The molecule has 0 unspecified atom stereocenters. The Hall–Kier alpha value is -2.31. The zero-order chi connectivity index (χ0) is 18.7. The van der Waals surface area contributed by atoms with E-state index in [0.717, 1.165) is 16.1 Å². The highest BCUT2D eigenvalue weighted by molar-refractivity contribution is 9.10. The molecule has 0 fully saturated rings. The van der Waals surface area contributed by atoms with Crippen molar-refractivity contribution in [3.8, 4) is 11.3 Å². The van der Waals surface area contributed by atoms with Crippen LogP contribution in [0.3, 0.4) is 0 Å². The minimum atomic E-state index is -3.37. The van der Waals surface area contributed by atoms with Crippen molar-refractivity contribution in [3.05, 3.63) is 82.0 Å². The predicted octanol–water partition coefficient (Wildman–Crippen LogP) is 5.47. The number of nitrogens with zero attached hydrogens (tertiary/aromatic N) is 1. The number of halogens is 3. The van der Waals surface area contributed by atoms with E-state index in [9.17, 15) is 8.78 Å². The van der Waals surface area contributed by atoms with Gasteiger partial charge in [0.05, 0.1) is 11.3 Å². The Bertz CT molecular complexity index is 919. The van der Waals surface area contributed by atoms with Crippen molar-refractivity contribution in [1.82, 2.24) is 5.16 Å². The molecule has 2 aromatic carbocycles. The van der Waals surface area contributed by atoms with Crippen LogP contribution in [0.2, 0.25) is 0 Å². The molecule has 0 bridgehead atoms. The lowest BCUT2D eigenvalue weighted by Gasteiger charge is -2.14. The van der Waals surface area contributed by atoms with Gasteiger partial charge in [-0.25, -0.2) is 0 Å². The molecule has 3 rings (SSSR count). The van der Waals surface area contributed by atoms with Gasteiger partial charge in [-0.15, -0.1) is 0 Å². The number of alkyl halides is 2. The Morgan fingerprint density at radius 1 is 1.15 bits per heavy atom. The van der Waals surface area contributed by atoms with Gasteiger partial charge < -0.3 is 9.63 Å². The van der Waals surface area contributed by atoms with Gasteiger partial charge in [-0.1, -0.05) is 51.4 Å². The van der Waals surface area contributed by atoms with Crippen molar-refractivity contribution in [1.29, 1.82) is 0 Å². The van der Waals surface area contributed by atoms with Crippen LogP contribution < -0.4 is 0 Å². The quantitative estimate of drug-likeness (QED) is 0.596. The van der Waals surface area contributed by atoms with Crippen molar-refractivity contribution in [3.63, 3.8) is 0 Å². The average molecular weight is 420 g/mol. The fourth-order valence-electron chi connectivity index (χ4n) is 2.66. The highest BCUT2D eigenvalue weighted by Crippen LogP contribution is 2.37. The van der Waals surface area contributed by atoms with Crippen LogP contribution in [0.5, 0.6) is 0 Å². The maximum Gasteiger partial charge on any atom is 0.289 e. The molecule has 0 aliphatic carbocycles. The van der Waals surface area contributed by atoms with E-state index in [4.69, 9.17) is 9.63 Å². The van der Waals surface area contributed by atoms with Crippen molar-refractivity contribution >= 4 is 21.5 Å². The first kappa shape index (κ1) is 18.5. The largest absolute Gasteiger partial charge is 0.390 e. The zero-order valence-electron chi connectivity index (χ0n) is 13.9. The molecule has 0 saturated carbocycles. The Kier molecular flexibility index (Phi) is 5.34. The molecule has 3 nitrogen and oxygen atoms in total. The van der Waals surface area contributed by atoms with Gasteiger partial charge in [-0.2, -0.15) is 8.78 Å². The highest BCUT2D eigenvalue weighted by atomic mass is 79.9. The van der Waals surface area contributed by atoms with Crippen LogP contribution in [0.4, 0.5) is 8.78 Å². The molecular weight excluding hydrogens is 404 g/mol. The third-order valence-electron chi connectivity index (χ3n) is 3.89. The van der Waals surface area contributed by atoms with Gasteiger partial charge in [0.15, 0.2) is 5.76 Å². The van der Waals surface area contributed by atoms with Crippen LogP contribution in [0.15, 0.2) is 69.7 Å². The first-order chi connectivity index (χ1) is 12.4. The number of rotatable bonds is 5. The van der Waals surface area contributed by atoms with Crippen LogP contribution in [0.1, 0.15) is 16.8 Å². The van der Waals surface area contributed by atoms with E-state index < -0.39 is 12.5 Å². The molecule has 0 spiro atoms. The zero-order valence-corrected chi connectivity index (χ0v) is 15.5. The number of aliphatic hydroxyl groups is 1. The molecule has 3 aromatic rings. The van der Waals surface area contributed by atoms with Gasteiger partial charge in [-0.3, -0.25) is 0 Å². The molecular formula is C20H16BrF2NO2. The second-order valence-electron chi connectivity index (χ2n) is 5.82. The second kappa shape index (κ2) is 7.51. The molecule has 134 valence electrons. The van der Waals surface area contributed by atoms with E-state index in [1.54, 1.807) is 37.3 Å². The van der Waals surface area contributed by atoms with Crippen LogP contribution in [-0.2, 0) is 0 Å². The van der Waals surface area contributed by atoms with Crippen molar-refractivity contribution in [2.24, 2.45) is 0 Å². The third-order valence-corrected chi connectivity index (χ3v) is 4.42. The number of benzene rings is 2. The van der Waals surface area contributed by atoms with Crippen LogP contribution in [0.25, 0.3) is 16.9 Å². The third kappa shape index (κ3) is 3.92. The number of hydrogen-bond acceptors (Lipinski definition) is 3. The number of aromatic nitrogens is 1. The van der Waals surface area contributed by atoms with Gasteiger partial charge in [0, 0.05) is 10.0 Å². The molecule has 0 radical (unpaired) electrons. The minimum absolute atomic E-state index is 0.265. The molecule has 26 heavy (non-hydrogen) atoms. The first-order valence-corrected chi connectivity index (χ1v) is 8.70. The van der Waals surface area contributed by atoms with Crippen molar-refractivity contribution < 1.29 is 18.4 Å². The van der Waals surface area contributed by atoms with Gasteiger partial charge in [-0.05, 0) is 48.4 Å². The molecule has 0 aliphatic rings. The summed E-state index contributed by atoms with van der Waals surface area (Å²) in [5.41, 5.74) is 2.54. The molecule has 0 atom stereocenters. The summed E-state index contributed by atoms with van der Waals surface area (Å²) in [5.74, 6) is -2.97. The fraction of sp³-hybridized carbons (Fsp3) is 0.150. The van der Waals surface area contributed by atoms with Crippen LogP contribution in [0, 0.1) is 6.92 Å². The lowest BCUT2D eigenvalue weighted by molar-refractivity contribution is -0.00436. The molecule has 0 amide bonds. The summed E-state index contributed by atoms with van der Waals surface area (Å²) in [7, 11) is 0. The van der Waals surface area contributed by atoms with Gasteiger partial charge in [0.2, 0.25) is 0 Å². The van der Waals surface area contributed by atoms with E-state index in [2.05, 4.69) is 21.1 Å². The second-order valence-corrected chi connectivity index (χ2v) is 6.74. The summed E-state index contributed by atoms with van der Waals surface area (Å²) in [6.45, 7) is 0.427. The normalized spacial score (nSPS) is 12.4. The molecule has 1 heterocycles. The van der Waals surface area contributed by atoms with E-state index >= 15 is 0 Å². The maximum absolute atomic E-state index is 14.0. The van der Waals surface area contributed by atoms with Crippen molar-refractivity contribution in [2.45, 2.75) is 12.8 Å². The van der Waals surface area contributed by atoms with Crippen LogP contribution in [-0.4, -0.2) is 22.8 Å². The summed E-state index contributed by atoms with van der Waals surface area (Å²) < 4.78 is 34.4.